The third-order valence-corrected chi connectivity index (χ3v) is 5.80. The highest BCUT2D eigenvalue weighted by Crippen LogP contribution is 2.41. The van der Waals surface area contributed by atoms with Crippen molar-refractivity contribution in [3.63, 3.8) is 0 Å². The first kappa shape index (κ1) is 14.7. The molecule has 0 spiro atoms. The van der Waals surface area contributed by atoms with Crippen molar-refractivity contribution in [2.75, 3.05) is 0 Å². The predicted molar refractivity (Wildman–Crippen MR) is 79.0 cm³/mol. The zero-order valence-corrected chi connectivity index (χ0v) is 12.8. The smallest absolute Gasteiger partial charge is 0.318 e. The van der Waals surface area contributed by atoms with Crippen molar-refractivity contribution in [1.82, 2.24) is 10.2 Å². The van der Waals surface area contributed by atoms with E-state index in [1.807, 2.05) is 4.90 Å². The highest BCUT2D eigenvalue weighted by Gasteiger charge is 2.51. The summed E-state index contributed by atoms with van der Waals surface area (Å²) in [4.78, 5) is 25.7. The first-order valence-electron chi connectivity index (χ1n) is 8.39. The minimum Gasteiger partial charge on any atom is -0.481 e. The summed E-state index contributed by atoms with van der Waals surface area (Å²) >= 11 is 0. The van der Waals surface area contributed by atoms with Gasteiger partial charge in [0.1, 0.15) is 0 Å². The zero-order valence-electron chi connectivity index (χ0n) is 12.8. The van der Waals surface area contributed by atoms with Crippen LogP contribution in [0.15, 0.2) is 0 Å². The molecule has 1 saturated carbocycles. The van der Waals surface area contributed by atoms with Crippen LogP contribution in [0.4, 0.5) is 4.79 Å². The van der Waals surface area contributed by atoms with Crippen LogP contribution in [0.2, 0.25) is 0 Å². The highest BCUT2D eigenvalue weighted by atomic mass is 16.4. The van der Waals surface area contributed by atoms with Gasteiger partial charge in [0, 0.05) is 18.1 Å². The number of nitrogens with one attached hydrogen (secondary N) is 1. The molecule has 2 aliphatic heterocycles. The molecule has 4 unspecified atom stereocenters. The van der Waals surface area contributed by atoms with E-state index in [9.17, 15) is 14.7 Å². The van der Waals surface area contributed by atoms with Crippen LogP contribution in [0.3, 0.4) is 0 Å². The predicted octanol–water partition coefficient (Wildman–Crippen LogP) is 2.60. The Morgan fingerprint density at radius 3 is 2.48 bits per heavy atom. The first-order valence-corrected chi connectivity index (χ1v) is 8.39. The number of carboxylic acid groups (broad SMARTS) is 1. The Bertz CT molecular complexity index is 420. The Kier molecular flexibility index (Phi) is 4.09. The number of hydrogen-bond acceptors (Lipinski definition) is 2. The lowest BCUT2D eigenvalue weighted by molar-refractivity contribution is -0.142. The van der Waals surface area contributed by atoms with E-state index >= 15 is 0 Å². The second-order valence-electron chi connectivity index (χ2n) is 7.02. The van der Waals surface area contributed by atoms with Gasteiger partial charge in [-0.25, -0.2) is 4.79 Å². The molecule has 5 heteroatoms. The second-order valence-corrected chi connectivity index (χ2v) is 7.02. The maximum Gasteiger partial charge on any atom is 0.318 e. The summed E-state index contributed by atoms with van der Waals surface area (Å²) in [5.74, 6) is -0.530. The van der Waals surface area contributed by atoms with Crippen LogP contribution < -0.4 is 5.32 Å². The molecule has 2 amide bonds. The van der Waals surface area contributed by atoms with E-state index in [-0.39, 0.29) is 30.1 Å². The fourth-order valence-electron chi connectivity index (χ4n) is 4.59. The minimum atomic E-state index is -0.750. The number of amides is 2. The van der Waals surface area contributed by atoms with Crippen molar-refractivity contribution in [3.8, 4) is 0 Å². The zero-order chi connectivity index (χ0) is 15.0. The summed E-state index contributed by atoms with van der Waals surface area (Å²) in [7, 11) is 0. The molecule has 0 aromatic heterocycles. The van der Waals surface area contributed by atoms with Gasteiger partial charge in [0.05, 0.1) is 5.92 Å². The molecule has 0 radical (unpaired) electrons. The van der Waals surface area contributed by atoms with Gasteiger partial charge in [-0.05, 0) is 44.9 Å². The average molecular weight is 294 g/mol. The molecule has 3 fully saturated rings. The van der Waals surface area contributed by atoms with Gasteiger partial charge in [-0.2, -0.15) is 0 Å². The molecular weight excluding hydrogens is 268 g/mol. The Balaban J connectivity index is 1.59. The summed E-state index contributed by atoms with van der Waals surface area (Å²) < 4.78 is 0. The van der Waals surface area contributed by atoms with Crippen molar-refractivity contribution in [1.29, 1.82) is 0 Å². The number of carbonyl (C=O) groups is 2. The Hall–Kier alpha value is -1.26. The van der Waals surface area contributed by atoms with Gasteiger partial charge in [0.2, 0.25) is 0 Å². The van der Waals surface area contributed by atoms with E-state index in [1.54, 1.807) is 0 Å². The normalized spacial score (nSPS) is 34.0. The lowest BCUT2D eigenvalue weighted by Crippen LogP contribution is -2.49. The molecule has 118 valence electrons. The number of fused-ring (bicyclic) bond motifs is 2. The van der Waals surface area contributed by atoms with Crippen LogP contribution >= 0.6 is 0 Å². The Morgan fingerprint density at radius 2 is 1.86 bits per heavy atom. The minimum absolute atomic E-state index is 0.0377. The van der Waals surface area contributed by atoms with Crippen LogP contribution in [0.5, 0.6) is 0 Å². The molecule has 2 heterocycles. The Morgan fingerprint density at radius 1 is 1.14 bits per heavy atom. The van der Waals surface area contributed by atoms with Crippen molar-refractivity contribution < 1.29 is 14.7 Å². The van der Waals surface area contributed by atoms with Crippen molar-refractivity contribution in [2.45, 2.75) is 76.4 Å². The number of rotatable bonds is 3. The highest BCUT2D eigenvalue weighted by molar-refractivity contribution is 5.79. The molecule has 5 nitrogen and oxygen atoms in total. The van der Waals surface area contributed by atoms with E-state index in [4.69, 9.17) is 0 Å². The quantitative estimate of drug-likeness (QED) is 0.840. The lowest BCUT2D eigenvalue weighted by atomic mass is 9.84. The molecule has 2 N–H and O–H groups in total. The topological polar surface area (TPSA) is 69.6 Å². The molecule has 0 aromatic carbocycles. The van der Waals surface area contributed by atoms with Crippen LogP contribution in [0.25, 0.3) is 0 Å². The van der Waals surface area contributed by atoms with E-state index in [0.29, 0.717) is 12.3 Å². The van der Waals surface area contributed by atoms with Gasteiger partial charge >= 0.3 is 12.0 Å². The summed E-state index contributed by atoms with van der Waals surface area (Å²) in [5.41, 5.74) is 0. The monoisotopic (exact) mass is 294 g/mol. The SMILES string of the molecule is CC(NC(=O)N1C2CCC1C(C(=O)O)C2)C1CCCCC1. The van der Waals surface area contributed by atoms with E-state index in [1.165, 1.54) is 32.1 Å². The van der Waals surface area contributed by atoms with E-state index in [2.05, 4.69) is 12.2 Å². The fourth-order valence-corrected chi connectivity index (χ4v) is 4.59. The van der Waals surface area contributed by atoms with Gasteiger partial charge < -0.3 is 15.3 Å². The molecular formula is C16H26N2O3. The Labute approximate surface area is 126 Å². The number of nitrogens with zero attached hydrogens (tertiary/aromatic N) is 1. The molecule has 4 atom stereocenters. The van der Waals surface area contributed by atoms with Gasteiger partial charge in [-0.1, -0.05) is 19.3 Å². The molecule has 1 aliphatic carbocycles. The van der Waals surface area contributed by atoms with Gasteiger partial charge in [0.25, 0.3) is 0 Å². The van der Waals surface area contributed by atoms with Crippen LogP contribution in [0, 0.1) is 11.8 Å². The van der Waals surface area contributed by atoms with E-state index in [0.717, 1.165) is 12.8 Å². The molecule has 3 rings (SSSR count). The number of carboxylic acids is 1. The average Bonchev–Trinajstić information content (AvgIpc) is 3.05. The molecule has 2 saturated heterocycles. The first-order chi connectivity index (χ1) is 10.1. The molecule has 0 aromatic rings. The lowest BCUT2D eigenvalue weighted by Gasteiger charge is -2.31. The summed E-state index contributed by atoms with van der Waals surface area (Å²) in [5, 5.41) is 12.4. The number of aliphatic carboxylic acids is 1. The maximum atomic E-state index is 12.5. The summed E-state index contributed by atoms with van der Waals surface area (Å²) in [6, 6.07) is 0.200. The van der Waals surface area contributed by atoms with Crippen molar-refractivity contribution >= 4 is 12.0 Å². The maximum absolute atomic E-state index is 12.5. The van der Waals surface area contributed by atoms with E-state index < -0.39 is 5.97 Å². The van der Waals surface area contributed by atoms with Gasteiger partial charge in [-0.15, -0.1) is 0 Å². The summed E-state index contributed by atoms with van der Waals surface area (Å²) in [6.07, 6.45) is 8.67. The largest absolute Gasteiger partial charge is 0.481 e. The van der Waals surface area contributed by atoms with Crippen molar-refractivity contribution in [2.24, 2.45) is 11.8 Å². The summed E-state index contributed by atoms with van der Waals surface area (Å²) in [6.45, 7) is 2.10. The fraction of sp³-hybridized carbons (Fsp3) is 0.875. The second kappa shape index (κ2) is 5.85. The van der Waals surface area contributed by atoms with Crippen LogP contribution in [-0.2, 0) is 4.79 Å². The van der Waals surface area contributed by atoms with Crippen molar-refractivity contribution in [3.05, 3.63) is 0 Å². The third kappa shape index (κ3) is 2.74. The van der Waals surface area contributed by atoms with Gasteiger partial charge in [-0.3, -0.25) is 4.79 Å². The molecule has 21 heavy (non-hydrogen) atoms. The number of urea groups is 1. The standard InChI is InChI=1S/C16H26N2O3/c1-10(11-5-3-2-4-6-11)17-16(21)18-12-7-8-14(18)13(9-12)15(19)20/h10-14H,2-9H2,1H3,(H,17,21)(H,19,20). The third-order valence-electron chi connectivity index (χ3n) is 5.80. The molecule has 2 bridgehead atoms. The van der Waals surface area contributed by atoms with Gasteiger partial charge in [0.15, 0.2) is 0 Å². The number of carbonyl (C=O) groups excluding carboxylic acids is 1. The van der Waals surface area contributed by atoms with Crippen LogP contribution in [0.1, 0.15) is 58.3 Å². The number of hydrogen-bond donors (Lipinski definition) is 2. The molecule has 3 aliphatic rings. The van der Waals surface area contributed by atoms with Crippen LogP contribution in [-0.4, -0.2) is 40.1 Å².